The van der Waals surface area contributed by atoms with Crippen molar-refractivity contribution in [1.29, 1.82) is 0 Å². The van der Waals surface area contributed by atoms with Crippen molar-refractivity contribution < 1.29 is 42.7 Å². The Balaban J connectivity index is 0.000000289. The third-order valence-electron chi connectivity index (χ3n) is 20.6. The molecule has 5 heterocycles. The van der Waals surface area contributed by atoms with Crippen LogP contribution in [0, 0.1) is 37.9 Å². The Bertz CT molecular complexity index is 5540. The number of thioether (sulfide) groups is 3. The second-order valence-electron chi connectivity index (χ2n) is 44.1. The number of H-pyrrole nitrogens is 1. The van der Waals surface area contributed by atoms with Gasteiger partial charge in [-0.15, -0.1) is 35.3 Å². The molecule has 0 aliphatic carbocycles. The molecule has 11 aromatic rings. The molecule has 0 bridgehead atoms. The van der Waals surface area contributed by atoms with E-state index in [-0.39, 0.29) is 33.0 Å². The van der Waals surface area contributed by atoms with Crippen LogP contribution in [0.4, 0.5) is 40.7 Å². The molecular weight excluding hydrogens is 1870 g/mol. The van der Waals surface area contributed by atoms with Gasteiger partial charge in [-0.3, -0.25) is 4.79 Å². The third kappa shape index (κ3) is 50.2. The molecule has 25 nitrogen and oxygen atoms in total. The van der Waals surface area contributed by atoms with Crippen molar-refractivity contribution in [3.05, 3.63) is 198 Å². The second-order valence-corrected chi connectivity index (χ2v) is 47.1. The molecule has 0 unspecified atom stereocenters. The third-order valence-corrected chi connectivity index (χ3v) is 23.0. The topological polar surface area (TPSA) is 284 Å². The molecule has 29 heteroatoms. The minimum atomic E-state index is 0.0642. The molecule has 786 valence electrons. The quantitative estimate of drug-likeness (QED) is 0.00820. The van der Waals surface area contributed by atoms with E-state index >= 15 is 0 Å². The van der Waals surface area contributed by atoms with Crippen molar-refractivity contribution in [3.8, 4) is 62.8 Å². The van der Waals surface area contributed by atoms with Crippen molar-refractivity contribution in [2.24, 2.45) is 37.9 Å². The van der Waals surface area contributed by atoms with Crippen LogP contribution in [0.5, 0.6) is 40.2 Å². The highest BCUT2D eigenvalue weighted by Gasteiger charge is 2.22. The Hall–Kier alpha value is -10.6. The number of methoxy groups -OCH3 is 7. The summed E-state index contributed by atoms with van der Waals surface area (Å²) < 4.78 is 42.3. The van der Waals surface area contributed by atoms with E-state index in [0.717, 1.165) is 153 Å². The average molecular weight is 2040 g/mol. The maximum Gasteiger partial charge on any atom is 0.224 e. The molecule has 0 radical (unpaired) electrons. The van der Waals surface area contributed by atoms with Crippen LogP contribution < -0.4 is 80.6 Å². The number of ether oxygens (including phenoxy) is 8. The molecule has 1 fully saturated rings. The lowest BCUT2D eigenvalue weighted by Gasteiger charge is -2.28. The number of aromatic nitrogens is 7. The maximum atomic E-state index is 11.8. The number of anilines is 7. The van der Waals surface area contributed by atoms with E-state index in [4.69, 9.17) is 49.5 Å². The number of Topliss-reactive ketones (excluding diaryl/α,β-unsaturated/α-hetero) is 1. The molecular formula is C114H171ClN16O9S3. The number of benzene rings is 7. The number of aromatic amines is 1. The zero-order valence-electron chi connectivity index (χ0n) is 92.6. The standard InChI is InChI=1S/C17H22ClN3O2.C17H23N3O2.C15H22N2.C15H23NO2S.C13H22N4O.C13H21NO2.2C12H19NS/c1-17(2,3)10-19-16-20-12(9-15(18)21-16)11-6-7-13(22-4)14(8-11)23-5;1-17(2,3)11-19-16-18-9-8-13(20-16)12-6-7-14(21-4)15(10-12)22-5;1-15(2,3)11-16-9-8-13-10-12-6-4-5-7-14(12)17-13;1-10(17)11-7-14(19-6)13(18-5)8-12(11)16-9-15(2,3)4;1-13(2,3)10-15-12-14-5-4-11(16-12)17-6-8-18-9-7-17;1-13(2,3)14-9-10-6-7-11(15-4)12(8-10)16-5;1-12(2,3)9-13-10-5-7-11(14-4)8-6-10;1-12(2,3)9-13-10-6-5-7-11(8-10)14-4/h6-9H,10H2,1-5H3,(H,19,20,21);6-10H,11H2,1-5H3,(H,18,19,20);4-7,10,16-17H,8-9,11H2,1-3H3;7-8,16H,9H2,1-6H3;4-5H,6-10H2,1-3H3,(H,14,15,16);6-8,14H,9H2,1-5H3;2*5-8,13H,9H2,1-4H3. The number of ketones is 1. The first kappa shape index (κ1) is 123. The number of halogens is 1. The predicted octanol–water partition coefficient (Wildman–Crippen LogP) is 27.4. The van der Waals surface area contributed by atoms with Crippen LogP contribution in [-0.4, -0.2) is 193 Å². The average Bonchev–Trinajstić information content (AvgIpc) is 1.71. The molecule has 9 N–H and O–H groups in total. The Morgan fingerprint density at radius 1 is 0.420 bits per heavy atom. The fraction of sp³-hybridized carbons (Fsp3) is 0.500. The van der Waals surface area contributed by atoms with Gasteiger partial charge in [0.1, 0.15) is 16.7 Å². The summed E-state index contributed by atoms with van der Waals surface area (Å²) in [5, 5.41) is 28.6. The van der Waals surface area contributed by atoms with E-state index in [1.165, 1.54) is 43.3 Å². The van der Waals surface area contributed by atoms with E-state index in [1.807, 2.05) is 91.3 Å². The van der Waals surface area contributed by atoms with Crippen LogP contribution in [0.25, 0.3) is 33.4 Å². The fourth-order valence-corrected chi connectivity index (χ4v) is 14.5. The van der Waals surface area contributed by atoms with Gasteiger partial charge in [-0.05, 0) is 223 Å². The summed E-state index contributed by atoms with van der Waals surface area (Å²) in [7, 11) is 11.4. The molecule has 7 aromatic carbocycles. The normalized spacial score (nSPS) is 12.1. The number of morpholine rings is 1. The summed E-state index contributed by atoms with van der Waals surface area (Å²) in [4.78, 5) is 47.4. The lowest BCUT2D eigenvalue weighted by molar-refractivity contribution is 0.101. The molecule has 12 rings (SSSR count). The van der Waals surface area contributed by atoms with Crippen LogP contribution in [-0.2, 0) is 17.7 Å². The fourth-order valence-electron chi connectivity index (χ4n) is 12.8. The van der Waals surface area contributed by atoms with Gasteiger partial charge in [-0.2, -0.15) is 4.98 Å². The molecule has 143 heavy (non-hydrogen) atoms. The highest BCUT2D eigenvalue weighted by atomic mass is 35.5. The van der Waals surface area contributed by atoms with Gasteiger partial charge < -0.3 is 90.3 Å². The number of carbonyl (C=O) groups is 1. The van der Waals surface area contributed by atoms with Gasteiger partial charge in [-0.25, -0.2) is 24.9 Å². The highest BCUT2D eigenvalue weighted by Crippen LogP contribution is 2.38. The van der Waals surface area contributed by atoms with Crippen LogP contribution in [0.1, 0.15) is 195 Å². The van der Waals surface area contributed by atoms with Crippen molar-refractivity contribution in [2.75, 3.05) is 184 Å². The van der Waals surface area contributed by atoms with Crippen molar-refractivity contribution in [2.45, 2.75) is 206 Å². The van der Waals surface area contributed by atoms with Crippen LogP contribution >= 0.6 is 46.9 Å². The molecule has 0 atom stereocenters. The Kier molecular flexibility index (Phi) is 51.3. The van der Waals surface area contributed by atoms with Crippen LogP contribution in [0.2, 0.25) is 5.15 Å². The van der Waals surface area contributed by atoms with E-state index in [9.17, 15) is 4.79 Å². The first-order valence-corrected chi connectivity index (χ1v) is 52.9. The maximum absolute atomic E-state index is 11.8. The number of fused-ring (bicyclic) bond motifs is 1. The molecule has 0 spiro atoms. The highest BCUT2D eigenvalue weighted by molar-refractivity contribution is 7.99. The van der Waals surface area contributed by atoms with Gasteiger partial charge in [0.25, 0.3) is 0 Å². The number of hydrogen-bond donors (Lipinski definition) is 9. The number of hydrogen-bond acceptors (Lipinski definition) is 27. The molecule has 1 saturated heterocycles. The van der Waals surface area contributed by atoms with Crippen molar-refractivity contribution in [1.82, 2.24) is 45.5 Å². The number of rotatable bonds is 32. The van der Waals surface area contributed by atoms with E-state index in [1.54, 1.807) is 104 Å². The molecule has 1 aliphatic heterocycles. The number of para-hydroxylation sites is 1. The minimum Gasteiger partial charge on any atom is -0.496 e. The Labute approximate surface area is 875 Å². The van der Waals surface area contributed by atoms with Gasteiger partial charge in [-0.1, -0.05) is 187 Å². The number of nitrogens with one attached hydrogen (secondary N) is 9. The largest absolute Gasteiger partial charge is 0.496 e. The summed E-state index contributed by atoms with van der Waals surface area (Å²) in [6.07, 6.45) is 10.8. The smallest absolute Gasteiger partial charge is 0.224 e. The lowest BCUT2D eigenvalue weighted by atomic mass is 9.96. The minimum absolute atomic E-state index is 0.0642. The lowest BCUT2D eigenvalue weighted by Crippen LogP contribution is -2.36. The van der Waals surface area contributed by atoms with E-state index in [2.05, 4.69) is 340 Å². The summed E-state index contributed by atoms with van der Waals surface area (Å²) in [6.45, 7) is 65.6. The molecule has 0 amide bonds. The van der Waals surface area contributed by atoms with Crippen LogP contribution in [0.15, 0.2) is 191 Å². The van der Waals surface area contributed by atoms with Crippen LogP contribution in [0.3, 0.4) is 0 Å². The SMILES string of the molecule is CC(C)(C)CNCCc1cc2ccccc2[nH]1.CC(C)(C)CNc1nccc(N2CCOCC2)n1.COc1cc(NCC(C)(C)C)c(C(C)=O)cc1SC.COc1ccc(-c2cc(Cl)nc(NCC(C)(C)C)n2)cc1OC.COc1ccc(-c2ccnc(NCC(C)(C)C)n2)cc1OC.COc1ccc(CNC(C)(C)C)cc1OC.CSc1ccc(NCC(C)(C)C)cc1.CSc1cccc(NCC(C)(C)C)c1. The van der Waals surface area contributed by atoms with Crippen molar-refractivity contribution >= 4 is 104 Å². The molecule has 0 saturated carbocycles. The van der Waals surface area contributed by atoms with E-state index < -0.39 is 0 Å². The van der Waals surface area contributed by atoms with Gasteiger partial charge in [0.15, 0.2) is 40.3 Å². The first-order chi connectivity index (χ1) is 67.1. The predicted molar refractivity (Wildman–Crippen MR) is 611 cm³/mol. The second kappa shape index (κ2) is 59.7. The summed E-state index contributed by atoms with van der Waals surface area (Å²) >= 11 is 11.3. The first-order valence-electron chi connectivity index (χ1n) is 48.8. The van der Waals surface area contributed by atoms with Gasteiger partial charge in [0.2, 0.25) is 17.8 Å². The Morgan fingerprint density at radius 2 is 0.888 bits per heavy atom. The van der Waals surface area contributed by atoms with Crippen molar-refractivity contribution in [3.63, 3.8) is 0 Å². The number of nitrogens with zero attached hydrogens (tertiary/aromatic N) is 7. The molecule has 1 aliphatic rings. The monoisotopic (exact) mass is 2040 g/mol. The van der Waals surface area contributed by atoms with Gasteiger partial charge in [0.05, 0.1) is 74.4 Å². The zero-order valence-corrected chi connectivity index (χ0v) is 95.8. The zero-order chi connectivity index (χ0) is 107. The number of carbonyl (C=O) groups excluding carboxylic acids is 1. The summed E-state index contributed by atoms with van der Waals surface area (Å²) in [5.41, 5.74) is 12.9. The van der Waals surface area contributed by atoms with E-state index in [0.29, 0.717) is 62.2 Å². The van der Waals surface area contributed by atoms with Gasteiger partial charge >= 0.3 is 0 Å². The summed E-state index contributed by atoms with van der Waals surface area (Å²) in [6, 6.07) is 54.5. The van der Waals surface area contributed by atoms with Gasteiger partial charge in [0, 0.05) is 162 Å². The molecule has 4 aromatic heterocycles. The Morgan fingerprint density at radius 3 is 1.38 bits per heavy atom. The summed E-state index contributed by atoms with van der Waals surface area (Å²) in [5.74, 6) is 7.92.